The largest absolute Gasteiger partial charge is 0.0616 e. The maximum atomic E-state index is 2.44. The molecule has 60 heavy (non-hydrogen) atoms. The van der Waals surface area contributed by atoms with Gasteiger partial charge in [0, 0.05) is 0 Å². The van der Waals surface area contributed by atoms with Crippen LogP contribution in [0.5, 0.6) is 0 Å². The fraction of sp³-hybridized carbons (Fsp3) is 0. The highest BCUT2D eigenvalue weighted by molar-refractivity contribution is 6.27. The van der Waals surface area contributed by atoms with Crippen molar-refractivity contribution < 1.29 is 0 Å². The summed E-state index contributed by atoms with van der Waals surface area (Å²) < 4.78 is 0. The standard InChI is InChI=1S/C60H36/c1-4-12-48-37(8-1)11-7-15-50(48)46-24-28-53-44(34-46)18-16-42-32-40(22-26-51(42)53)41-23-27-52-43(33-41)17-19-45-35-47(25-29-54(45)52)58-36-59-49-13-5-2-9-38(49)20-30-56(59)57-31-21-39-10-3-6-14-55(39)60(57)58/h1-36H. The van der Waals surface area contributed by atoms with E-state index in [0.29, 0.717) is 0 Å². The van der Waals surface area contributed by atoms with Crippen molar-refractivity contribution in [3.05, 3.63) is 218 Å². The second-order valence-corrected chi connectivity index (χ2v) is 16.4. The zero-order chi connectivity index (χ0) is 39.3. The molecule has 0 nitrogen and oxygen atoms in total. The lowest BCUT2D eigenvalue weighted by atomic mass is 9.87. The first-order chi connectivity index (χ1) is 29.7. The van der Waals surface area contributed by atoms with Crippen LogP contribution in [-0.2, 0) is 0 Å². The minimum Gasteiger partial charge on any atom is -0.0616 e. The van der Waals surface area contributed by atoms with Gasteiger partial charge in [-0.15, -0.1) is 0 Å². The van der Waals surface area contributed by atoms with E-state index in [0.717, 1.165) is 0 Å². The van der Waals surface area contributed by atoms with E-state index in [1.54, 1.807) is 0 Å². The molecule has 0 saturated heterocycles. The molecule has 276 valence electrons. The van der Waals surface area contributed by atoms with Crippen molar-refractivity contribution in [1.82, 2.24) is 0 Å². The first-order valence-corrected chi connectivity index (χ1v) is 20.9. The van der Waals surface area contributed by atoms with Crippen LogP contribution >= 0.6 is 0 Å². The zero-order valence-electron chi connectivity index (χ0n) is 32.8. The molecule has 0 heteroatoms. The number of rotatable bonds is 3. The Labute approximate surface area is 347 Å². The van der Waals surface area contributed by atoms with Crippen LogP contribution in [0.1, 0.15) is 0 Å². The van der Waals surface area contributed by atoms with Gasteiger partial charge < -0.3 is 0 Å². The third-order valence-corrected chi connectivity index (χ3v) is 13.2. The van der Waals surface area contributed by atoms with E-state index in [9.17, 15) is 0 Å². The quantitative estimate of drug-likeness (QED) is 0.158. The Morgan fingerprint density at radius 1 is 0.167 bits per heavy atom. The van der Waals surface area contributed by atoms with Gasteiger partial charge >= 0.3 is 0 Å². The molecule has 0 aromatic heterocycles. The summed E-state index contributed by atoms with van der Waals surface area (Å²) in [6, 6.07) is 81.5. The highest BCUT2D eigenvalue weighted by atomic mass is 14.2. The molecule has 0 unspecified atom stereocenters. The van der Waals surface area contributed by atoms with Gasteiger partial charge in [0.2, 0.25) is 0 Å². The lowest BCUT2D eigenvalue weighted by Gasteiger charge is -2.16. The van der Waals surface area contributed by atoms with Gasteiger partial charge in [0.1, 0.15) is 0 Å². The highest BCUT2D eigenvalue weighted by Gasteiger charge is 2.15. The summed E-state index contributed by atoms with van der Waals surface area (Å²) in [5, 5.41) is 23.0. The molecular weight excluding hydrogens is 721 g/mol. The Bertz CT molecular complexity index is 3940. The van der Waals surface area contributed by atoms with Crippen LogP contribution in [0.4, 0.5) is 0 Å². The van der Waals surface area contributed by atoms with Gasteiger partial charge in [-0.05, 0) is 161 Å². The van der Waals surface area contributed by atoms with E-state index in [1.165, 1.54) is 130 Å². The van der Waals surface area contributed by atoms with Gasteiger partial charge in [-0.25, -0.2) is 0 Å². The molecule has 13 rings (SSSR count). The molecule has 0 aliphatic rings. The molecule has 13 aromatic carbocycles. The van der Waals surface area contributed by atoms with Gasteiger partial charge in [0.15, 0.2) is 0 Å². The van der Waals surface area contributed by atoms with Crippen molar-refractivity contribution in [2.75, 3.05) is 0 Å². The fourth-order valence-corrected chi connectivity index (χ4v) is 10.2. The normalized spacial score (nSPS) is 12.0. The summed E-state index contributed by atoms with van der Waals surface area (Å²) in [7, 11) is 0. The molecule has 0 bridgehead atoms. The first kappa shape index (κ1) is 33.2. The van der Waals surface area contributed by atoms with Crippen LogP contribution in [-0.4, -0.2) is 0 Å². The Hall–Kier alpha value is -7.80. The van der Waals surface area contributed by atoms with Crippen molar-refractivity contribution in [3.63, 3.8) is 0 Å². The number of benzene rings is 13. The first-order valence-electron chi connectivity index (χ1n) is 20.9. The Morgan fingerprint density at radius 2 is 0.550 bits per heavy atom. The van der Waals surface area contributed by atoms with E-state index in [-0.39, 0.29) is 0 Å². The second-order valence-electron chi connectivity index (χ2n) is 16.4. The SMILES string of the molecule is c1ccc2c(-c3ccc4c(ccc5cc(-c6ccc7c(ccc8cc(-c9cc%10c%11ccccc%11ccc%10c%10ccc%11ccccc%11c9%10)ccc87)c6)ccc54)c3)cccc2c1. The molecule has 0 fully saturated rings. The lowest BCUT2D eigenvalue weighted by Crippen LogP contribution is -1.89. The molecule has 13 aromatic rings. The smallest absolute Gasteiger partial charge is 0.00204 e. The number of hydrogen-bond donors (Lipinski definition) is 0. The van der Waals surface area contributed by atoms with Crippen LogP contribution in [0, 0.1) is 0 Å². The predicted octanol–water partition coefficient (Wildman–Crippen LogP) is 17.1. The molecule has 0 amide bonds. The van der Waals surface area contributed by atoms with E-state index < -0.39 is 0 Å². The monoisotopic (exact) mass is 756 g/mol. The Kier molecular flexibility index (Phi) is 7.11. The molecule has 0 heterocycles. The summed E-state index contributed by atoms with van der Waals surface area (Å²) >= 11 is 0. The summed E-state index contributed by atoms with van der Waals surface area (Å²) in [4.78, 5) is 0. The maximum absolute atomic E-state index is 2.44. The summed E-state index contributed by atoms with van der Waals surface area (Å²) in [6.07, 6.45) is 0. The summed E-state index contributed by atoms with van der Waals surface area (Å²) in [5.41, 5.74) is 7.50. The van der Waals surface area contributed by atoms with Crippen LogP contribution in [0.25, 0.3) is 130 Å². The molecule has 0 aliphatic carbocycles. The van der Waals surface area contributed by atoms with Gasteiger partial charge in [0.05, 0.1) is 0 Å². The van der Waals surface area contributed by atoms with E-state index in [4.69, 9.17) is 0 Å². The zero-order valence-corrected chi connectivity index (χ0v) is 32.8. The molecular formula is C60H36. The number of hydrogen-bond acceptors (Lipinski definition) is 0. The van der Waals surface area contributed by atoms with E-state index >= 15 is 0 Å². The van der Waals surface area contributed by atoms with Crippen molar-refractivity contribution >= 4 is 97.0 Å². The maximum Gasteiger partial charge on any atom is -0.00204 e. The molecule has 0 radical (unpaired) electrons. The number of fused-ring (bicyclic) bond motifs is 14. The van der Waals surface area contributed by atoms with Gasteiger partial charge in [-0.1, -0.05) is 188 Å². The molecule has 0 aliphatic heterocycles. The molecule has 0 N–H and O–H groups in total. The van der Waals surface area contributed by atoms with E-state index in [2.05, 4.69) is 218 Å². The van der Waals surface area contributed by atoms with Crippen LogP contribution in [0.15, 0.2) is 218 Å². The second kappa shape index (κ2) is 12.9. The van der Waals surface area contributed by atoms with Gasteiger partial charge in [-0.3, -0.25) is 0 Å². The Morgan fingerprint density at radius 3 is 1.15 bits per heavy atom. The van der Waals surface area contributed by atoms with Crippen molar-refractivity contribution in [2.45, 2.75) is 0 Å². The topological polar surface area (TPSA) is 0 Å². The summed E-state index contributed by atoms with van der Waals surface area (Å²) in [5.74, 6) is 0. The minimum atomic E-state index is 1.23. The average Bonchev–Trinajstić information content (AvgIpc) is 3.32. The molecule has 0 saturated carbocycles. The van der Waals surface area contributed by atoms with Crippen LogP contribution < -0.4 is 0 Å². The lowest BCUT2D eigenvalue weighted by molar-refractivity contribution is 1.67. The van der Waals surface area contributed by atoms with E-state index in [1.807, 2.05) is 0 Å². The van der Waals surface area contributed by atoms with Crippen molar-refractivity contribution in [3.8, 4) is 33.4 Å². The predicted molar refractivity (Wildman–Crippen MR) is 260 cm³/mol. The third-order valence-electron chi connectivity index (χ3n) is 13.2. The minimum absolute atomic E-state index is 1.23. The summed E-state index contributed by atoms with van der Waals surface area (Å²) in [6.45, 7) is 0. The average molecular weight is 757 g/mol. The van der Waals surface area contributed by atoms with Gasteiger partial charge in [-0.2, -0.15) is 0 Å². The highest BCUT2D eigenvalue weighted by Crippen LogP contribution is 2.43. The van der Waals surface area contributed by atoms with Crippen LogP contribution in [0.3, 0.4) is 0 Å². The van der Waals surface area contributed by atoms with Crippen molar-refractivity contribution in [1.29, 1.82) is 0 Å². The fourth-order valence-electron chi connectivity index (χ4n) is 10.2. The third kappa shape index (κ3) is 5.04. The van der Waals surface area contributed by atoms with Crippen molar-refractivity contribution in [2.24, 2.45) is 0 Å². The Balaban J connectivity index is 0.898. The van der Waals surface area contributed by atoms with Crippen LogP contribution in [0.2, 0.25) is 0 Å². The molecule has 0 atom stereocenters. The molecule has 0 spiro atoms. The van der Waals surface area contributed by atoms with Gasteiger partial charge in [0.25, 0.3) is 0 Å².